The molecular formula is C22H31NO4S. The molecule has 0 aliphatic carbocycles. The van der Waals surface area contributed by atoms with Crippen LogP contribution in [0.4, 0.5) is 4.79 Å². The lowest BCUT2D eigenvalue weighted by Crippen LogP contribution is -2.33. The van der Waals surface area contributed by atoms with Gasteiger partial charge in [0, 0.05) is 25.1 Å². The van der Waals surface area contributed by atoms with Gasteiger partial charge in [-0.2, -0.15) is 0 Å². The number of hydrogen-bond acceptors (Lipinski definition) is 5. The van der Waals surface area contributed by atoms with E-state index in [0.717, 1.165) is 43.5 Å². The molecule has 0 spiro atoms. The van der Waals surface area contributed by atoms with Crippen molar-refractivity contribution in [2.45, 2.75) is 57.6 Å². The van der Waals surface area contributed by atoms with Gasteiger partial charge in [-0.3, -0.25) is 9.59 Å². The van der Waals surface area contributed by atoms with E-state index in [-0.39, 0.29) is 17.3 Å². The van der Waals surface area contributed by atoms with E-state index >= 15 is 0 Å². The third-order valence-electron chi connectivity index (χ3n) is 4.69. The maximum absolute atomic E-state index is 12.1. The Morgan fingerprint density at radius 3 is 2.79 bits per heavy atom. The van der Waals surface area contributed by atoms with Gasteiger partial charge in [0.15, 0.2) is 0 Å². The van der Waals surface area contributed by atoms with E-state index in [2.05, 4.69) is 0 Å². The Morgan fingerprint density at radius 1 is 1.29 bits per heavy atom. The van der Waals surface area contributed by atoms with Gasteiger partial charge >= 0.3 is 5.97 Å². The number of carbonyl (C=O) groups excluding carboxylic acids is 2. The van der Waals surface area contributed by atoms with Crippen LogP contribution < -0.4 is 0 Å². The predicted octanol–water partition coefficient (Wildman–Crippen LogP) is 4.20. The highest BCUT2D eigenvalue weighted by atomic mass is 32.2. The second-order valence-corrected chi connectivity index (χ2v) is 7.92. The number of aliphatic hydroxyl groups is 1. The highest BCUT2D eigenvalue weighted by molar-refractivity contribution is 8.13. The highest BCUT2D eigenvalue weighted by Crippen LogP contribution is 2.25. The average Bonchev–Trinajstić information content (AvgIpc) is 3.03. The van der Waals surface area contributed by atoms with Crippen LogP contribution in [-0.2, 0) is 16.0 Å². The first kappa shape index (κ1) is 22.5. The van der Waals surface area contributed by atoms with Crippen LogP contribution in [0, 0.1) is 0 Å². The predicted molar refractivity (Wildman–Crippen MR) is 113 cm³/mol. The number of unbranched alkanes of at least 4 members (excludes halogenated alkanes) is 3. The fourth-order valence-electron chi connectivity index (χ4n) is 3.20. The topological polar surface area (TPSA) is 66.8 Å². The van der Waals surface area contributed by atoms with Crippen molar-refractivity contribution < 1.29 is 19.4 Å². The van der Waals surface area contributed by atoms with Gasteiger partial charge in [-0.25, -0.2) is 0 Å². The van der Waals surface area contributed by atoms with Gasteiger partial charge in [0.05, 0.1) is 18.8 Å². The van der Waals surface area contributed by atoms with Crippen LogP contribution in [0.3, 0.4) is 0 Å². The minimum absolute atomic E-state index is 0.0439. The fourth-order valence-corrected chi connectivity index (χ4v) is 4.20. The normalized spacial score (nSPS) is 18.0. The lowest BCUT2D eigenvalue weighted by Gasteiger charge is -2.21. The Morgan fingerprint density at radius 2 is 2.04 bits per heavy atom. The molecule has 5 nitrogen and oxygen atoms in total. The van der Waals surface area contributed by atoms with E-state index in [9.17, 15) is 14.7 Å². The van der Waals surface area contributed by atoms with E-state index in [1.165, 1.54) is 11.8 Å². The lowest BCUT2D eigenvalue weighted by molar-refractivity contribution is -0.143. The molecule has 0 radical (unpaired) electrons. The van der Waals surface area contributed by atoms with Gasteiger partial charge in [0.2, 0.25) is 0 Å². The summed E-state index contributed by atoms with van der Waals surface area (Å²) >= 11 is 1.34. The first-order valence-electron chi connectivity index (χ1n) is 10.1. The Bertz CT molecular complexity index is 635. The van der Waals surface area contributed by atoms with Crippen LogP contribution in [0.1, 0.15) is 44.6 Å². The number of esters is 1. The molecule has 0 aromatic heterocycles. The molecule has 0 bridgehead atoms. The van der Waals surface area contributed by atoms with Crippen LogP contribution in [0.25, 0.3) is 0 Å². The van der Waals surface area contributed by atoms with Crippen molar-refractivity contribution in [1.82, 2.24) is 4.90 Å². The number of ether oxygens (including phenoxy) is 1. The van der Waals surface area contributed by atoms with E-state index < -0.39 is 6.10 Å². The summed E-state index contributed by atoms with van der Waals surface area (Å²) in [4.78, 5) is 25.3. The molecule has 1 amide bonds. The minimum atomic E-state index is -0.548. The molecule has 1 aromatic carbocycles. The van der Waals surface area contributed by atoms with Crippen molar-refractivity contribution in [3.63, 3.8) is 0 Å². The Balaban J connectivity index is 1.69. The van der Waals surface area contributed by atoms with Gasteiger partial charge < -0.3 is 14.7 Å². The maximum atomic E-state index is 12.1. The number of rotatable bonds is 12. The molecule has 1 aromatic rings. The standard InChI is InChI=1S/C22H31NO4S/c1-2-27-21(25)12-8-3-4-9-15-23-19(17-28-22(23)26)13-14-20(24)16-18-10-6-5-7-11-18/h5-7,10-11,13-14,19-20,24H,2-4,8-9,12,15-17H2,1H3. The van der Waals surface area contributed by atoms with Crippen LogP contribution >= 0.6 is 11.8 Å². The molecular weight excluding hydrogens is 374 g/mol. The molecule has 1 N–H and O–H groups in total. The molecule has 1 aliphatic heterocycles. The molecule has 6 heteroatoms. The first-order valence-corrected chi connectivity index (χ1v) is 11.1. The van der Waals surface area contributed by atoms with Crippen LogP contribution in [0.2, 0.25) is 0 Å². The van der Waals surface area contributed by atoms with Crippen molar-refractivity contribution in [2.24, 2.45) is 0 Å². The van der Waals surface area contributed by atoms with Crippen LogP contribution in [0.15, 0.2) is 42.5 Å². The van der Waals surface area contributed by atoms with Crippen molar-refractivity contribution in [3.05, 3.63) is 48.0 Å². The number of aliphatic hydroxyl groups excluding tert-OH is 1. The molecule has 2 rings (SSSR count). The molecule has 2 atom stereocenters. The van der Waals surface area contributed by atoms with E-state index in [1.807, 2.05) is 54.3 Å². The molecule has 154 valence electrons. The Labute approximate surface area is 172 Å². The van der Waals surface area contributed by atoms with Gasteiger partial charge in [-0.1, -0.05) is 67.1 Å². The second-order valence-electron chi connectivity index (χ2n) is 6.95. The van der Waals surface area contributed by atoms with Crippen molar-refractivity contribution in [1.29, 1.82) is 0 Å². The first-order chi connectivity index (χ1) is 13.6. The zero-order valence-electron chi connectivity index (χ0n) is 16.6. The van der Waals surface area contributed by atoms with E-state index in [1.54, 1.807) is 0 Å². The Kier molecular flexibility index (Phi) is 10.1. The molecule has 1 fully saturated rings. The van der Waals surface area contributed by atoms with Crippen LogP contribution in [-0.4, -0.2) is 52.3 Å². The highest BCUT2D eigenvalue weighted by Gasteiger charge is 2.29. The third kappa shape index (κ3) is 8.07. The summed E-state index contributed by atoms with van der Waals surface area (Å²) < 4.78 is 4.92. The number of benzene rings is 1. The number of thioether (sulfide) groups is 1. The fraction of sp³-hybridized carbons (Fsp3) is 0.545. The van der Waals surface area contributed by atoms with E-state index in [4.69, 9.17) is 4.74 Å². The Hall–Kier alpha value is -1.79. The zero-order chi connectivity index (χ0) is 20.2. The summed E-state index contributed by atoms with van der Waals surface area (Å²) in [5, 5.41) is 10.3. The minimum Gasteiger partial charge on any atom is -0.466 e. The average molecular weight is 406 g/mol. The monoisotopic (exact) mass is 405 g/mol. The van der Waals surface area contributed by atoms with Crippen molar-refractivity contribution in [3.8, 4) is 0 Å². The van der Waals surface area contributed by atoms with E-state index in [0.29, 0.717) is 19.4 Å². The summed E-state index contributed by atoms with van der Waals surface area (Å²) in [5.41, 5.74) is 1.09. The molecule has 1 aliphatic rings. The van der Waals surface area contributed by atoms with Gasteiger partial charge in [0.1, 0.15) is 0 Å². The van der Waals surface area contributed by atoms with Crippen molar-refractivity contribution in [2.75, 3.05) is 18.9 Å². The largest absolute Gasteiger partial charge is 0.466 e. The molecule has 1 saturated heterocycles. The zero-order valence-corrected chi connectivity index (χ0v) is 17.4. The molecule has 2 unspecified atom stereocenters. The van der Waals surface area contributed by atoms with Crippen LogP contribution in [0.5, 0.6) is 0 Å². The number of hydrogen-bond donors (Lipinski definition) is 1. The maximum Gasteiger partial charge on any atom is 0.305 e. The quantitative estimate of drug-likeness (QED) is 0.321. The summed E-state index contributed by atoms with van der Waals surface area (Å²) in [6.07, 6.45) is 7.97. The summed E-state index contributed by atoms with van der Waals surface area (Å²) in [7, 11) is 0. The number of carbonyl (C=O) groups is 2. The third-order valence-corrected chi connectivity index (χ3v) is 5.68. The van der Waals surface area contributed by atoms with Gasteiger partial charge in [-0.15, -0.1) is 0 Å². The summed E-state index contributed by atoms with van der Waals surface area (Å²) in [6, 6.07) is 9.93. The number of nitrogens with zero attached hydrogens (tertiary/aromatic N) is 1. The summed E-state index contributed by atoms with van der Waals surface area (Å²) in [6.45, 7) is 2.96. The SMILES string of the molecule is CCOC(=O)CCCCCCN1C(=O)SCC1C=CC(O)Cc1ccccc1. The molecule has 0 saturated carbocycles. The molecule has 28 heavy (non-hydrogen) atoms. The second kappa shape index (κ2) is 12.6. The van der Waals surface area contributed by atoms with Crippen molar-refractivity contribution >= 4 is 23.0 Å². The lowest BCUT2D eigenvalue weighted by atomic mass is 10.1. The molecule has 1 heterocycles. The summed E-state index contributed by atoms with van der Waals surface area (Å²) in [5.74, 6) is 0.601. The van der Waals surface area contributed by atoms with Gasteiger partial charge in [-0.05, 0) is 25.3 Å². The smallest absolute Gasteiger partial charge is 0.305 e. The van der Waals surface area contributed by atoms with Gasteiger partial charge in [0.25, 0.3) is 5.24 Å². The number of amides is 1.